The first kappa shape index (κ1) is 19.6. The van der Waals surface area contributed by atoms with Crippen LogP contribution >= 0.6 is 0 Å². The Morgan fingerprint density at radius 2 is 1.73 bits per heavy atom. The van der Waals surface area contributed by atoms with E-state index in [-0.39, 0.29) is 17.6 Å². The van der Waals surface area contributed by atoms with E-state index in [1.54, 1.807) is 18.3 Å². The molecule has 1 aromatic carbocycles. The summed E-state index contributed by atoms with van der Waals surface area (Å²) in [6.07, 6.45) is 3.70. The van der Waals surface area contributed by atoms with Crippen LogP contribution in [0.2, 0.25) is 0 Å². The number of pyridine rings is 1. The molecule has 0 fully saturated rings. The van der Waals surface area contributed by atoms with Gasteiger partial charge in [0.05, 0.1) is 5.92 Å². The molecule has 138 valence electrons. The van der Waals surface area contributed by atoms with Crippen LogP contribution in [0.15, 0.2) is 48.7 Å². The van der Waals surface area contributed by atoms with E-state index in [4.69, 9.17) is 0 Å². The zero-order valence-electron chi connectivity index (χ0n) is 14.9. The van der Waals surface area contributed by atoms with E-state index in [1.807, 2.05) is 18.2 Å². The van der Waals surface area contributed by atoms with Crippen molar-refractivity contribution in [2.75, 3.05) is 13.1 Å². The molecule has 0 saturated heterocycles. The van der Waals surface area contributed by atoms with Crippen LogP contribution in [-0.2, 0) is 16.0 Å². The first-order valence-corrected chi connectivity index (χ1v) is 8.74. The average Bonchev–Trinajstić information content (AvgIpc) is 2.64. The molecule has 1 heterocycles. The number of benzene rings is 1. The van der Waals surface area contributed by atoms with Gasteiger partial charge >= 0.3 is 0 Å². The first-order valence-electron chi connectivity index (χ1n) is 8.74. The molecule has 26 heavy (non-hydrogen) atoms. The Labute approximate surface area is 153 Å². The van der Waals surface area contributed by atoms with Gasteiger partial charge in [-0.1, -0.05) is 18.2 Å². The number of amides is 2. The maximum absolute atomic E-state index is 13.2. The van der Waals surface area contributed by atoms with Gasteiger partial charge in [-0.25, -0.2) is 4.39 Å². The molecular weight excluding hydrogens is 333 g/mol. The van der Waals surface area contributed by atoms with Crippen molar-refractivity contribution in [3.05, 3.63) is 65.7 Å². The summed E-state index contributed by atoms with van der Waals surface area (Å²) in [7, 11) is 0. The predicted octanol–water partition coefficient (Wildman–Crippen LogP) is 2.58. The van der Waals surface area contributed by atoms with Gasteiger partial charge in [-0.2, -0.15) is 0 Å². The molecule has 0 radical (unpaired) electrons. The first-order chi connectivity index (χ1) is 12.6. The molecule has 1 aromatic heterocycles. The van der Waals surface area contributed by atoms with Crippen molar-refractivity contribution < 1.29 is 14.0 Å². The van der Waals surface area contributed by atoms with Gasteiger partial charge in [0.25, 0.3) is 0 Å². The highest BCUT2D eigenvalue weighted by Crippen LogP contribution is 2.21. The van der Waals surface area contributed by atoms with Gasteiger partial charge in [-0.15, -0.1) is 0 Å². The van der Waals surface area contributed by atoms with Gasteiger partial charge in [-0.05, 0) is 42.7 Å². The molecule has 0 bridgehead atoms. The normalized spacial score (nSPS) is 11.6. The fourth-order valence-corrected chi connectivity index (χ4v) is 2.63. The largest absolute Gasteiger partial charge is 0.356 e. The summed E-state index contributed by atoms with van der Waals surface area (Å²) in [5, 5.41) is 5.66. The number of carbonyl (C=O) groups is 2. The van der Waals surface area contributed by atoms with Crippen LogP contribution in [0, 0.1) is 5.82 Å². The van der Waals surface area contributed by atoms with Gasteiger partial charge in [0.1, 0.15) is 5.82 Å². The van der Waals surface area contributed by atoms with E-state index in [0.717, 1.165) is 24.1 Å². The number of hydrogen-bond donors (Lipinski definition) is 2. The third kappa shape index (κ3) is 6.63. The highest BCUT2D eigenvalue weighted by atomic mass is 19.1. The minimum Gasteiger partial charge on any atom is -0.356 e. The molecule has 0 aliphatic carbocycles. The lowest BCUT2D eigenvalue weighted by atomic mass is 9.93. The Morgan fingerprint density at radius 1 is 1.04 bits per heavy atom. The molecule has 2 aromatic rings. The number of carbonyl (C=O) groups excluding carboxylic acids is 2. The number of nitrogens with zero attached hydrogens (tertiary/aromatic N) is 1. The third-order valence-corrected chi connectivity index (χ3v) is 4.01. The van der Waals surface area contributed by atoms with E-state index in [0.29, 0.717) is 19.5 Å². The highest BCUT2D eigenvalue weighted by Gasteiger charge is 2.21. The Hall–Kier alpha value is -2.76. The molecule has 0 aliphatic heterocycles. The Bertz CT molecular complexity index is 705. The van der Waals surface area contributed by atoms with E-state index < -0.39 is 5.92 Å². The Kier molecular flexibility index (Phi) is 7.74. The fourth-order valence-electron chi connectivity index (χ4n) is 2.63. The monoisotopic (exact) mass is 357 g/mol. The highest BCUT2D eigenvalue weighted by molar-refractivity contribution is 5.83. The molecule has 5 nitrogen and oxygen atoms in total. The Balaban J connectivity index is 1.95. The second-order valence-corrected chi connectivity index (χ2v) is 6.11. The second kappa shape index (κ2) is 10.3. The Morgan fingerprint density at radius 3 is 2.35 bits per heavy atom. The number of aromatic nitrogens is 1. The lowest BCUT2D eigenvalue weighted by Crippen LogP contribution is -2.32. The summed E-state index contributed by atoms with van der Waals surface area (Å²) >= 11 is 0. The fraction of sp³-hybridized carbons (Fsp3) is 0.350. The summed E-state index contributed by atoms with van der Waals surface area (Å²) in [5.41, 5.74) is 1.57. The summed E-state index contributed by atoms with van der Waals surface area (Å²) in [6, 6.07) is 11.6. The molecule has 2 amide bonds. The van der Waals surface area contributed by atoms with Crippen molar-refractivity contribution in [2.24, 2.45) is 0 Å². The summed E-state index contributed by atoms with van der Waals surface area (Å²) < 4.78 is 13.2. The number of rotatable bonds is 9. The van der Waals surface area contributed by atoms with Gasteiger partial charge in [-0.3, -0.25) is 14.6 Å². The van der Waals surface area contributed by atoms with Crippen LogP contribution in [0.25, 0.3) is 0 Å². The third-order valence-electron chi connectivity index (χ3n) is 4.01. The number of hydrogen-bond acceptors (Lipinski definition) is 3. The minimum absolute atomic E-state index is 0.0548. The van der Waals surface area contributed by atoms with Gasteiger partial charge in [0.2, 0.25) is 11.8 Å². The summed E-state index contributed by atoms with van der Waals surface area (Å²) in [4.78, 5) is 27.8. The maximum atomic E-state index is 13.2. The van der Waals surface area contributed by atoms with E-state index >= 15 is 0 Å². The second-order valence-electron chi connectivity index (χ2n) is 6.11. The van der Waals surface area contributed by atoms with Crippen LogP contribution < -0.4 is 10.6 Å². The van der Waals surface area contributed by atoms with Crippen LogP contribution in [-0.4, -0.2) is 29.9 Å². The maximum Gasteiger partial charge on any atom is 0.227 e. The SMILES string of the molecule is CC(=O)NCCCCNC(=O)C(Cc1ccccn1)c1ccc(F)cc1. The van der Waals surface area contributed by atoms with Crippen LogP contribution in [0.4, 0.5) is 4.39 Å². The van der Waals surface area contributed by atoms with Gasteiger partial charge in [0.15, 0.2) is 0 Å². The van der Waals surface area contributed by atoms with Gasteiger partial charge in [0, 0.05) is 38.3 Å². The van der Waals surface area contributed by atoms with E-state index in [9.17, 15) is 14.0 Å². The van der Waals surface area contributed by atoms with Crippen LogP contribution in [0.3, 0.4) is 0 Å². The lowest BCUT2D eigenvalue weighted by Gasteiger charge is -2.17. The lowest BCUT2D eigenvalue weighted by molar-refractivity contribution is -0.122. The summed E-state index contributed by atoms with van der Waals surface area (Å²) in [6.45, 7) is 2.60. The average molecular weight is 357 g/mol. The number of nitrogens with one attached hydrogen (secondary N) is 2. The van der Waals surface area contributed by atoms with Crippen LogP contribution in [0.5, 0.6) is 0 Å². The van der Waals surface area contributed by atoms with Crippen LogP contribution in [0.1, 0.15) is 36.9 Å². The van der Waals surface area contributed by atoms with Crippen molar-refractivity contribution in [2.45, 2.75) is 32.1 Å². The van der Waals surface area contributed by atoms with Crippen molar-refractivity contribution in [3.63, 3.8) is 0 Å². The van der Waals surface area contributed by atoms with E-state index in [2.05, 4.69) is 15.6 Å². The van der Waals surface area contributed by atoms with Crippen molar-refractivity contribution in [1.29, 1.82) is 0 Å². The molecule has 1 unspecified atom stereocenters. The van der Waals surface area contributed by atoms with Crippen molar-refractivity contribution >= 4 is 11.8 Å². The van der Waals surface area contributed by atoms with Crippen molar-refractivity contribution in [3.8, 4) is 0 Å². The molecule has 0 aliphatic rings. The standard InChI is InChI=1S/C20H24FN3O2/c1-15(25)22-11-4-5-13-24-20(26)19(14-18-6-2-3-12-23-18)16-7-9-17(21)10-8-16/h2-3,6-10,12,19H,4-5,11,13-14H2,1H3,(H,22,25)(H,24,26). The summed E-state index contributed by atoms with van der Waals surface area (Å²) in [5.74, 6) is -0.924. The molecule has 0 spiro atoms. The molecule has 2 N–H and O–H groups in total. The smallest absolute Gasteiger partial charge is 0.227 e. The number of unbranched alkanes of at least 4 members (excludes halogenated alkanes) is 1. The van der Waals surface area contributed by atoms with Crippen molar-refractivity contribution in [1.82, 2.24) is 15.6 Å². The van der Waals surface area contributed by atoms with E-state index in [1.165, 1.54) is 19.1 Å². The molecule has 6 heteroatoms. The minimum atomic E-state index is -0.430. The molecule has 0 saturated carbocycles. The molecule has 1 atom stereocenters. The molecule has 2 rings (SSSR count). The predicted molar refractivity (Wildman–Crippen MR) is 98.0 cm³/mol. The molecular formula is C20H24FN3O2. The quantitative estimate of drug-likeness (QED) is 0.678. The van der Waals surface area contributed by atoms with Gasteiger partial charge < -0.3 is 10.6 Å². The zero-order valence-corrected chi connectivity index (χ0v) is 14.9. The number of halogens is 1. The topological polar surface area (TPSA) is 71.1 Å². The zero-order chi connectivity index (χ0) is 18.8.